The Labute approximate surface area is 155 Å². The van der Waals surface area contributed by atoms with Crippen molar-refractivity contribution >= 4 is 16.8 Å². The summed E-state index contributed by atoms with van der Waals surface area (Å²) in [6.45, 7) is 8.98. The molecule has 2 N–H and O–H groups in total. The fraction of sp³-hybridized carbons (Fsp3) is 0.600. The minimum absolute atomic E-state index is 0.0996. The van der Waals surface area contributed by atoms with Crippen LogP contribution in [0.15, 0.2) is 18.3 Å². The first-order valence-electron chi connectivity index (χ1n) is 9.53. The molecule has 0 aliphatic carbocycles. The number of hydrogen-bond donors (Lipinski definition) is 2. The molecule has 1 aliphatic rings. The van der Waals surface area contributed by atoms with Crippen LogP contribution in [0.1, 0.15) is 55.5 Å². The van der Waals surface area contributed by atoms with E-state index in [1.807, 2.05) is 29.9 Å². The summed E-state index contributed by atoms with van der Waals surface area (Å²) in [5, 5.41) is 18.4. The monoisotopic (exact) mass is 358 g/mol. The molecular weight excluding hydrogens is 328 g/mol. The minimum Gasteiger partial charge on any atom is -0.390 e. The number of carbonyl (C=O) groups is 1. The number of nitrogens with zero attached hydrogens (tertiary/aromatic N) is 3. The van der Waals surface area contributed by atoms with E-state index in [1.54, 1.807) is 13.8 Å². The first-order chi connectivity index (χ1) is 12.3. The lowest BCUT2D eigenvalue weighted by Crippen LogP contribution is -2.31. The van der Waals surface area contributed by atoms with Gasteiger partial charge in [-0.25, -0.2) is 0 Å². The normalized spacial score (nSPS) is 16.2. The highest BCUT2D eigenvalue weighted by Crippen LogP contribution is 2.22. The number of hydrogen-bond acceptors (Lipinski definition) is 4. The lowest BCUT2D eigenvalue weighted by Gasteiger charge is -2.25. The molecule has 1 amide bonds. The van der Waals surface area contributed by atoms with Crippen LogP contribution in [0, 0.1) is 6.92 Å². The van der Waals surface area contributed by atoms with Crippen LogP contribution in [0.3, 0.4) is 0 Å². The maximum Gasteiger partial charge on any atom is 0.251 e. The molecule has 142 valence electrons. The largest absolute Gasteiger partial charge is 0.390 e. The van der Waals surface area contributed by atoms with Crippen molar-refractivity contribution in [1.29, 1.82) is 0 Å². The highest BCUT2D eigenvalue weighted by Gasteiger charge is 2.17. The molecule has 2 heterocycles. The molecule has 3 rings (SSSR count). The molecule has 0 radical (unpaired) electrons. The molecule has 1 aromatic carbocycles. The molecule has 26 heavy (non-hydrogen) atoms. The van der Waals surface area contributed by atoms with E-state index < -0.39 is 5.60 Å². The van der Waals surface area contributed by atoms with E-state index in [-0.39, 0.29) is 5.91 Å². The fourth-order valence-corrected chi connectivity index (χ4v) is 3.48. The third-order valence-electron chi connectivity index (χ3n) is 5.07. The van der Waals surface area contributed by atoms with Crippen molar-refractivity contribution in [2.45, 2.75) is 58.7 Å². The van der Waals surface area contributed by atoms with Gasteiger partial charge < -0.3 is 10.4 Å². The molecule has 0 bridgehead atoms. The Morgan fingerprint density at radius 3 is 2.69 bits per heavy atom. The number of carbonyl (C=O) groups excluding carboxylic acids is 1. The van der Waals surface area contributed by atoms with E-state index in [0.717, 1.165) is 36.2 Å². The van der Waals surface area contributed by atoms with Gasteiger partial charge in [0.05, 0.1) is 17.8 Å². The van der Waals surface area contributed by atoms with Gasteiger partial charge >= 0.3 is 0 Å². The highest BCUT2D eigenvalue weighted by molar-refractivity contribution is 6.00. The Hall–Kier alpha value is -1.92. The van der Waals surface area contributed by atoms with Crippen molar-refractivity contribution < 1.29 is 9.90 Å². The van der Waals surface area contributed by atoms with Crippen molar-refractivity contribution in [3.8, 4) is 0 Å². The molecule has 0 atom stereocenters. The number of likely N-dealkylation sites (tertiary alicyclic amines) is 1. The molecule has 6 nitrogen and oxygen atoms in total. The smallest absolute Gasteiger partial charge is 0.251 e. The van der Waals surface area contributed by atoms with Crippen LogP contribution >= 0.6 is 0 Å². The topological polar surface area (TPSA) is 70.4 Å². The molecule has 1 aromatic heterocycles. The van der Waals surface area contributed by atoms with E-state index in [9.17, 15) is 9.90 Å². The summed E-state index contributed by atoms with van der Waals surface area (Å²) in [6, 6.07) is 3.76. The second kappa shape index (κ2) is 7.76. The first-order valence-corrected chi connectivity index (χ1v) is 9.53. The van der Waals surface area contributed by atoms with Crippen molar-refractivity contribution in [3.63, 3.8) is 0 Å². The number of aryl methyl sites for hydroxylation is 1. The number of aliphatic hydroxyl groups is 1. The van der Waals surface area contributed by atoms with Gasteiger partial charge in [0.15, 0.2) is 0 Å². The SMILES string of the molecule is Cc1c(C(=O)NCCC(C)(C)O)ccc2nn(CN3CCCCC3)cc12. The zero-order chi connectivity index (χ0) is 18.7. The van der Waals surface area contributed by atoms with Crippen LogP contribution < -0.4 is 5.32 Å². The van der Waals surface area contributed by atoms with Gasteiger partial charge in [-0.1, -0.05) is 6.42 Å². The summed E-state index contributed by atoms with van der Waals surface area (Å²) in [6.07, 6.45) is 6.41. The second-order valence-electron chi connectivity index (χ2n) is 7.98. The van der Waals surface area contributed by atoms with Crippen LogP contribution in [0.4, 0.5) is 0 Å². The van der Waals surface area contributed by atoms with E-state index in [0.29, 0.717) is 18.5 Å². The molecule has 2 aromatic rings. The Morgan fingerprint density at radius 2 is 2.00 bits per heavy atom. The molecule has 0 saturated carbocycles. The number of piperidine rings is 1. The van der Waals surface area contributed by atoms with Gasteiger partial charge in [0.1, 0.15) is 0 Å². The molecule has 0 unspecified atom stereocenters. The Kier molecular flexibility index (Phi) is 5.63. The van der Waals surface area contributed by atoms with Gasteiger partial charge in [0.25, 0.3) is 5.91 Å². The van der Waals surface area contributed by atoms with Crippen LogP contribution in [0.2, 0.25) is 0 Å². The lowest BCUT2D eigenvalue weighted by molar-refractivity contribution is 0.0693. The minimum atomic E-state index is -0.776. The Bertz CT molecular complexity index is 770. The standard InChI is InChI=1S/C20H30N4O2/c1-15-16(19(25)21-10-9-20(2,3)26)7-8-18-17(15)13-24(22-18)14-23-11-5-4-6-12-23/h7-8,13,26H,4-6,9-12,14H2,1-3H3,(H,21,25). The van der Waals surface area contributed by atoms with Gasteiger partial charge in [-0.3, -0.25) is 14.4 Å². The van der Waals surface area contributed by atoms with Gasteiger partial charge in [-0.05, 0) is 70.8 Å². The van der Waals surface area contributed by atoms with Crippen molar-refractivity contribution in [2.75, 3.05) is 19.6 Å². The van der Waals surface area contributed by atoms with Crippen LogP contribution in [-0.4, -0.2) is 50.9 Å². The predicted molar refractivity (Wildman–Crippen MR) is 103 cm³/mol. The van der Waals surface area contributed by atoms with Crippen molar-refractivity contribution in [1.82, 2.24) is 20.0 Å². The second-order valence-corrected chi connectivity index (χ2v) is 7.98. The van der Waals surface area contributed by atoms with E-state index in [4.69, 9.17) is 0 Å². The molecule has 1 saturated heterocycles. The summed E-state index contributed by atoms with van der Waals surface area (Å²) < 4.78 is 1.99. The highest BCUT2D eigenvalue weighted by atomic mass is 16.3. The molecule has 0 spiro atoms. The quantitative estimate of drug-likeness (QED) is 0.833. The zero-order valence-electron chi connectivity index (χ0n) is 16.1. The van der Waals surface area contributed by atoms with Gasteiger partial charge in [-0.2, -0.15) is 5.10 Å². The number of benzene rings is 1. The van der Waals surface area contributed by atoms with Crippen LogP contribution in [-0.2, 0) is 6.67 Å². The summed E-state index contributed by atoms with van der Waals surface area (Å²) in [4.78, 5) is 14.9. The number of fused-ring (bicyclic) bond motifs is 1. The number of amides is 1. The van der Waals surface area contributed by atoms with E-state index in [2.05, 4.69) is 15.3 Å². The molecular formula is C20H30N4O2. The molecule has 6 heteroatoms. The molecule has 1 fully saturated rings. The van der Waals surface area contributed by atoms with Gasteiger partial charge in [0, 0.05) is 23.7 Å². The summed E-state index contributed by atoms with van der Waals surface area (Å²) >= 11 is 0. The van der Waals surface area contributed by atoms with E-state index in [1.165, 1.54) is 19.3 Å². The average molecular weight is 358 g/mol. The number of nitrogens with one attached hydrogen (secondary N) is 1. The Morgan fingerprint density at radius 1 is 1.27 bits per heavy atom. The Balaban J connectivity index is 1.72. The van der Waals surface area contributed by atoms with E-state index >= 15 is 0 Å². The summed E-state index contributed by atoms with van der Waals surface area (Å²) in [5.74, 6) is -0.0996. The van der Waals surface area contributed by atoms with Crippen LogP contribution in [0.25, 0.3) is 10.9 Å². The third kappa shape index (κ3) is 4.62. The maximum absolute atomic E-state index is 12.5. The third-order valence-corrected chi connectivity index (χ3v) is 5.07. The van der Waals surface area contributed by atoms with Crippen molar-refractivity contribution in [3.05, 3.63) is 29.5 Å². The molecule has 1 aliphatic heterocycles. The average Bonchev–Trinajstić information content (AvgIpc) is 2.98. The first kappa shape index (κ1) is 18.9. The van der Waals surface area contributed by atoms with Gasteiger partial charge in [-0.15, -0.1) is 0 Å². The number of aromatic nitrogens is 2. The van der Waals surface area contributed by atoms with Crippen LogP contribution in [0.5, 0.6) is 0 Å². The van der Waals surface area contributed by atoms with Crippen molar-refractivity contribution in [2.24, 2.45) is 0 Å². The maximum atomic E-state index is 12.5. The predicted octanol–water partition coefficient (Wildman–Crippen LogP) is 2.68. The van der Waals surface area contributed by atoms with Gasteiger partial charge in [0.2, 0.25) is 0 Å². The lowest BCUT2D eigenvalue weighted by atomic mass is 10.0. The zero-order valence-corrected chi connectivity index (χ0v) is 16.1. The summed E-state index contributed by atoms with van der Waals surface area (Å²) in [5.41, 5.74) is 1.77. The summed E-state index contributed by atoms with van der Waals surface area (Å²) in [7, 11) is 0. The fourth-order valence-electron chi connectivity index (χ4n) is 3.48. The number of rotatable bonds is 6.